The molecule has 0 fully saturated rings. The van der Waals surface area contributed by atoms with Crippen molar-refractivity contribution in [3.8, 4) is 11.5 Å². The number of hydrogen-bond donors (Lipinski definition) is 2. The molecule has 2 N–H and O–H groups in total. The number of halogens is 1. The molecule has 0 aliphatic carbocycles. The summed E-state index contributed by atoms with van der Waals surface area (Å²) in [5.74, 6) is -0.123. The van der Waals surface area contributed by atoms with E-state index in [1.54, 1.807) is 24.3 Å². The van der Waals surface area contributed by atoms with Crippen molar-refractivity contribution in [2.24, 2.45) is 0 Å². The second-order valence-corrected chi connectivity index (χ2v) is 5.16. The topological polar surface area (TPSA) is 97.1 Å². The van der Waals surface area contributed by atoms with E-state index in [1.165, 1.54) is 7.05 Å². The Labute approximate surface area is 129 Å². The van der Waals surface area contributed by atoms with E-state index in [0.717, 1.165) is 17.3 Å². The number of benzene rings is 1. The van der Waals surface area contributed by atoms with Gasteiger partial charge < -0.3 is 9.73 Å². The second kappa shape index (κ2) is 7.09. The van der Waals surface area contributed by atoms with E-state index in [1.807, 2.05) is 0 Å². The molecule has 0 spiro atoms. The van der Waals surface area contributed by atoms with Crippen molar-refractivity contribution in [3.05, 3.63) is 29.3 Å². The van der Waals surface area contributed by atoms with Gasteiger partial charge in [0, 0.05) is 17.6 Å². The fourth-order valence-corrected chi connectivity index (χ4v) is 2.02. The number of carbonyl (C=O) groups is 2. The third kappa shape index (κ3) is 4.47. The van der Waals surface area contributed by atoms with Gasteiger partial charge >= 0.3 is 6.03 Å². The van der Waals surface area contributed by atoms with E-state index in [0.29, 0.717) is 10.9 Å². The van der Waals surface area contributed by atoms with Crippen LogP contribution in [-0.4, -0.2) is 34.9 Å². The first-order chi connectivity index (χ1) is 10.1. The number of aromatic nitrogens is 2. The number of hydrogen-bond acceptors (Lipinski definition) is 6. The summed E-state index contributed by atoms with van der Waals surface area (Å²) in [6.45, 7) is 0. The molecular formula is C12H11ClN4O3S. The number of nitrogens with one attached hydrogen (secondary N) is 2. The predicted octanol–water partition coefficient (Wildman–Crippen LogP) is 1.94. The van der Waals surface area contributed by atoms with Gasteiger partial charge in [-0.1, -0.05) is 23.4 Å². The molecular weight excluding hydrogens is 316 g/mol. The van der Waals surface area contributed by atoms with Gasteiger partial charge in [0.15, 0.2) is 0 Å². The summed E-state index contributed by atoms with van der Waals surface area (Å²) in [5.41, 5.74) is 0.730. The number of amides is 3. The quantitative estimate of drug-likeness (QED) is 0.833. The molecule has 110 valence electrons. The van der Waals surface area contributed by atoms with Gasteiger partial charge in [-0.15, -0.1) is 10.2 Å². The lowest BCUT2D eigenvalue weighted by molar-refractivity contribution is -0.117. The molecule has 2 rings (SSSR count). The molecule has 0 unspecified atom stereocenters. The molecule has 9 heteroatoms. The zero-order chi connectivity index (χ0) is 15.2. The van der Waals surface area contributed by atoms with Crippen LogP contribution in [0.25, 0.3) is 11.5 Å². The summed E-state index contributed by atoms with van der Waals surface area (Å²) in [4.78, 5) is 22.3. The summed E-state index contributed by atoms with van der Waals surface area (Å²) in [6, 6.07) is 6.37. The Kier molecular flexibility index (Phi) is 5.18. The first-order valence-electron chi connectivity index (χ1n) is 5.82. The molecule has 0 radical (unpaired) electrons. The monoisotopic (exact) mass is 326 g/mol. The van der Waals surface area contributed by atoms with Crippen LogP contribution in [-0.2, 0) is 4.79 Å². The van der Waals surface area contributed by atoms with Crippen LogP contribution in [0.15, 0.2) is 33.9 Å². The number of imide groups is 1. The van der Waals surface area contributed by atoms with Crippen LogP contribution >= 0.6 is 23.4 Å². The van der Waals surface area contributed by atoms with Gasteiger partial charge in [-0.3, -0.25) is 10.1 Å². The normalized spacial score (nSPS) is 10.2. The van der Waals surface area contributed by atoms with Gasteiger partial charge in [-0.25, -0.2) is 4.79 Å². The van der Waals surface area contributed by atoms with Gasteiger partial charge in [-0.05, 0) is 24.3 Å². The van der Waals surface area contributed by atoms with E-state index in [9.17, 15) is 9.59 Å². The molecule has 0 saturated heterocycles. The maximum absolute atomic E-state index is 11.4. The molecule has 0 aliphatic heterocycles. The Morgan fingerprint density at radius 1 is 1.29 bits per heavy atom. The summed E-state index contributed by atoms with van der Waals surface area (Å²) >= 11 is 6.84. The molecule has 1 aromatic carbocycles. The largest absolute Gasteiger partial charge is 0.411 e. The fraction of sp³-hybridized carbons (Fsp3) is 0.167. The number of carbonyl (C=O) groups excluding carboxylic acids is 2. The highest BCUT2D eigenvalue weighted by molar-refractivity contribution is 7.99. The Hall–Kier alpha value is -2.06. The van der Waals surface area contributed by atoms with Crippen molar-refractivity contribution in [2.45, 2.75) is 5.22 Å². The predicted molar refractivity (Wildman–Crippen MR) is 78.1 cm³/mol. The summed E-state index contributed by atoms with van der Waals surface area (Å²) in [7, 11) is 1.42. The molecule has 1 aromatic heterocycles. The highest BCUT2D eigenvalue weighted by Gasteiger charge is 2.12. The molecule has 0 atom stereocenters. The zero-order valence-corrected chi connectivity index (χ0v) is 12.5. The average molecular weight is 327 g/mol. The van der Waals surface area contributed by atoms with Crippen LogP contribution in [0.2, 0.25) is 5.02 Å². The lowest BCUT2D eigenvalue weighted by atomic mass is 10.2. The van der Waals surface area contributed by atoms with E-state index in [4.69, 9.17) is 16.0 Å². The number of nitrogens with zero attached hydrogens (tertiary/aromatic N) is 2. The molecule has 3 amide bonds. The Balaban J connectivity index is 1.93. The molecule has 7 nitrogen and oxygen atoms in total. The van der Waals surface area contributed by atoms with Gasteiger partial charge in [-0.2, -0.15) is 0 Å². The van der Waals surface area contributed by atoms with Crippen molar-refractivity contribution < 1.29 is 14.0 Å². The summed E-state index contributed by atoms with van der Waals surface area (Å²) in [5, 5.41) is 13.0. The minimum Gasteiger partial charge on any atom is -0.411 e. The average Bonchev–Trinajstić information content (AvgIpc) is 2.94. The van der Waals surface area contributed by atoms with E-state index >= 15 is 0 Å². The van der Waals surface area contributed by atoms with E-state index in [-0.39, 0.29) is 11.0 Å². The number of thioether (sulfide) groups is 1. The maximum Gasteiger partial charge on any atom is 0.321 e. The zero-order valence-electron chi connectivity index (χ0n) is 10.9. The van der Waals surface area contributed by atoms with Gasteiger partial charge in [0.2, 0.25) is 11.8 Å². The number of rotatable bonds is 4. The summed E-state index contributed by atoms with van der Waals surface area (Å²) < 4.78 is 5.41. The molecule has 21 heavy (non-hydrogen) atoms. The molecule has 0 aliphatic rings. The highest BCUT2D eigenvalue weighted by Crippen LogP contribution is 2.24. The lowest BCUT2D eigenvalue weighted by Crippen LogP contribution is -2.38. The van der Waals surface area contributed by atoms with Crippen molar-refractivity contribution in [1.82, 2.24) is 20.8 Å². The third-order valence-electron chi connectivity index (χ3n) is 2.30. The molecule has 2 aromatic rings. The Morgan fingerprint density at radius 3 is 2.67 bits per heavy atom. The Morgan fingerprint density at radius 2 is 2.00 bits per heavy atom. The minimum absolute atomic E-state index is 0.00429. The van der Waals surface area contributed by atoms with Crippen molar-refractivity contribution >= 4 is 35.3 Å². The van der Waals surface area contributed by atoms with Crippen LogP contribution in [0.5, 0.6) is 0 Å². The smallest absolute Gasteiger partial charge is 0.321 e. The van der Waals surface area contributed by atoms with Crippen LogP contribution in [0.4, 0.5) is 4.79 Å². The Bertz CT molecular complexity index is 644. The molecule has 1 heterocycles. The van der Waals surface area contributed by atoms with E-state index in [2.05, 4.69) is 20.8 Å². The van der Waals surface area contributed by atoms with Crippen molar-refractivity contribution in [1.29, 1.82) is 0 Å². The van der Waals surface area contributed by atoms with Gasteiger partial charge in [0.05, 0.1) is 5.75 Å². The first-order valence-corrected chi connectivity index (χ1v) is 7.18. The van der Waals surface area contributed by atoms with Crippen molar-refractivity contribution in [3.63, 3.8) is 0 Å². The van der Waals surface area contributed by atoms with Crippen LogP contribution < -0.4 is 10.6 Å². The van der Waals surface area contributed by atoms with Crippen LogP contribution in [0, 0.1) is 0 Å². The highest BCUT2D eigenvalue weighted by atomic mass is 35.5. The van der Waals surface area contributed by atoms with Gasteiger partial charge in [0.25, 0.3) is 5.22 Å². The van der Waals surface area contributed by atoms with Crippen LogP contribution in [0.1, 0.15) is 0 Å². The number of urea groups is 1. The van der Waals surface area contributed by atoms with Crippen molar-refractivity contribution in [2.75, 3.05) is 12.8 Å². The molecule has 0 bridgehead atoms. The second-order valence-electron chi connectivity index (χ2n) is 3.80. The van der Waals surface area contributed by atoms with Crippen LogP contribution in [0.3, 0.4) is 0 Å². The van der Waals surface area contributed by atoms with E-state index < -0.39 is 11.9 Å². The fourth-order valence-electron chi connectivity index (χ4n) is 1.33. The summed E-state index contributed by atoms with van der Waals surface area (Å²) in [6.07, 6.45) is 0. The lowest BCUT2D eigenvalue weighted by Gasteiger charge is -2.00. The molecule has 0 saturated carbocycles. The SMILES string of the molecule is CNC(=O)NC(=O)CSc1nnc(-c2ccc(Cl)cc2)o1. The minimum atomic E-state index is -0.562. The standard InChI is InChI=1S/C12H11ClN4O3S/c1-14-11(19)15-9(18)6-21-12-17-16-10(20-12)7-2-4-8(13)5-3-7/h2-5H,6H2,1H3,(H2,14,15,18,19). The first kappa shape index (κ1) is 15.3. The third-order valence-corrected chi connectivity index (χ3v) is 3.37. The maximum atomic E-state index is 11.4. The van der Waals surface area contributed by atoms with Gasteiger partial charge in [0.1, 0.15) is 0 Å².